The van der Waals surface area contributed by atoms with Gasteiger partial charge in [-0.25, -0.2) is 0 Å². The number of nitrogens with one attached hydrogen (secondary N) is 1. The molecule has 0 saturated carbocycles. The van der Waals surface area contributed by atoms with Gasteiger partial charge in [0.1, 0.15) is 6.54 Å². The van der Waals surface area contributed by atoms with Gasteiger partial charge in [-0.2, -0.15) is 0 Å². The molecule has 3 aromatic rings. The molecule has 0 aliphatic carbocycles. The number of nitrogens with zero attached hydrogens (tertiary/aromatic N) is 1. The fourth-order valence-electron chi connectivity index (χ4n) is 3.17. The first-order chi connectivity index (χ1) is 11.9. The van der Waals surface area contributed by atoms with Crippen molar-refractivity contribution in [2.75, 3.05) is 6.54 Å². The van der Waals surface area contributed by atoms with Crippen molar-refractivity contribution in [3.05, 3.63) is 70.9 Å². The molecule has 1 amide bonds. The molecule has 1 aromatic heterocycles. The average Bonchev–Trinajstić information content (AvgIpc) is 2.90. The molecule has 0 aliphatic rings. The SMILES string of the molecule is Cc1cc(C)cc(Cn2cc(C(=O)NCC(=O)O)c3ccccc32)c1. The Hall–Kier alpha value is -3.08. The van der Waals surface area contributed by atoms with Crippen LogP contribution in [0.4, 0.5) is 0 Å². The number of carboxylic acids is 1. The molecule has 0 atom stereocenters. The molecule has 0 saturated heterocycles. The summed E-state index contributed by atoms with van der Waals surface area (Å²) in [6.45, 7) is 4.38. The minimum atomic E-state index is -1.06. The van der Waals surface area contributed by atoms with Crippen LogP contribution in [0.1, 0.15) is 27.0 Å². The summed E-state index contributed by atoms with van der Waals surface area (Å²) in [5.41, 5.74) is 5.00. The van der Waals surface area contributed by atoms with Crippen molar-refractivity contribution in [1.29, 1.82) is 0 Å². The predicted octanol–water partition coefficient (Wildman–Crippen LogP) is 3.12. The van der Waals surface area contributed by atoms with Crippen LogP contribution in [0.2, 0.25) is 0 Å². The van der Waals surface area contributed by atoms with Gasteiger partial charge in [0.25, 0.3) is 5.91 Å². The van der Waals surface area contributed by atoms with E-state index in [1.54, 1.807) is 6.20 Å². The number of carboxylic acid groups (broad SMARTS) is 1. The van der Waals surface area contributed by atoms with Gasteiger partial charge < -0.3 is 15.0 Å². The number of hydrogen-bond acceptors (Lipinski definition) is 2. The zero-order valence-electron chi connectivity index (χ0n) is 14.2. The van der Waals surface area contributed by atoms with Crippen LogP contribution in [0.3, 0.4) is 0 Å². The lowest BCUT2D eigenvalue weighted by Gasteiger charge is -2.08. The maximum Gasteiger partial charge on any atom is 0.322 e. The fourth-order valence-corrected chi connectivity index (χ4v) is 3.17. The van der Waals surface area contributed by atoms with E-state index in [4.69, 9.17) is 5.11 Å². The van der Waals surface area contributed by atoms with Crippen LogP contribution >= 0.6 is 0 Å². The Bertz CT molecular complexity index is 936. The minimum absolute atomic E-state index is 0.377. The summed E-state index contributed by atoms with van der Waals surface area (Å²) in [5.74, 6) is -1.44. The third-order valence-corrected chi connectivity index (χ3v) is 4.07. The molecular formula is C20H20N2O3. The van der Waals surface area contributed by atoms with Crippen molar-refractivity contribution >= 4 is 22.8 Å². The number of para-hydroxylation sites is 1. The number of carbonyl (C=O) groups excluding carboxylic acids is 1. The van der Waals surface area contributed by atoms with Gasteiger partial charge in [-0.3, -0.25) is 9.59 Å². The van der Waals surface area contributed by atoms with Gasteiger partial charge in [0.05, 0.1) is 5.56 Å². The van der Waals surface area contributed by atoms with E-state index in [9.17, 15) is 9.59 Å². The lowest BCUT2D eigenvalue weighted by Crippen LogP contribution is -2.29. The van der Waals surface area contributed by atoms with E-state index < -0.39 is 12.5 Å². The van der Waals surface area contributed by atoms with Crippen LogP contribution in [0.5, 0.6) is 0 Å². The number of aliphatic carboxylic acids is 1. The predicted molar refractivity (Wildman–Crippen MR) is 96.9 cm³/mol. The standard InChI is InChI=1S/C20H20N2O3/c1-13-7-14(2)9-15(8-13)11-22-12-17(20(25)21-10-19(23)24)16-5-3-4-6-18(16)22/h3-9,12H,10-11H2,1-2H3,(H,21,25)(H,23,24). The molecule has 0 radical (unpaired) electrons. The van der Waals surface area contributed by atoms with Crippen LogP contribution in [-0.4, -0.2) is 28.1 Å². The molecule has 5 nitrogen and oxygen atoms in total. The van der Waals surface area contributed by atoms with Crippen molar-refractivity contribution < 1.29 is 14.7 Å². The topological polar surface area (TPSA) is 71.3 Å². The molecule has 0 bridgehead atoms. The highest BCUT2D eigenvalue weighted by Crippen LogP contribution is 2.23. The Balaban J connectivity index is 1.98. The molecule has 2 N–H and O–H groups in total. The lowest BCUT2D eigenvalue weighted by molar-refractivity contribution is -0.135. The summed E-state index contributed by atoms with van der Waals surface area (Å²) in [6.07, 6.45) is 1.79. The van der Waals surface area contributed by atoms with Crippen molar-refractivity contribution in [1.82, 2.24) is 9.88 Å². The lowest BCUT2D eigenvalue weighted by atomic mass is 10.1. The van der Waals surface area contributed by atoms with Crippen LogP contribution in [0.15, 0.2) is 48.7 Å². The molecule has 0 unspecified atom stereocenters. The molecule has 0 spiro atoms. The summed E-state index contributed by atoms with van der Waals surface area (Å²) in [6, 6.07) is 14.0. The first-order valence-corrected chi connectivity index (χ1v) is 8.09. The van der Waals surface area contributed by atoms with Crippen LogP contribution in [-0.2, 0) is 11.3 Å². The van der Waals surface area contributed by atoms with E-state index >= 15 is 0 Å². The Labute approximate surface area is 145 Å². The Kier molecular flexibility index (Phi) is 4.57. The minimum Gasteiger partial charge on any atom is -0.480 e. The van der Waals surface area contributed by atoms with E-state index in [2.05, 4.69) is 37.4 Å². The Morgan fingerprint density at radius 2 is 1.76 bits per heavy atom. The van der Waals surface area contributed by atoms with Crippen molar-refractivity contribution in [3.8, 4) is 0 Å². The highest BCUT2D eigenvalue weighted by Gasteiger charge is 2.15. The van der Waals surface area contributed by atoms with Gasteiger partial charge in [-0.05, 0) is 25.5 Å². The molecule has 2 aromatic carbocycles. The smallest absolute Gasteiger partial charge is 0.322 e. The van der Waals surface area contributed by atoms with E-state index in [0.717, 1.165) is 16.5 Å². The maximum absolute atomic E-state index is 12.3. The first kappa shape index (κ1) is 16.8. The largest absolute Gasteiger partial charge is 0.480 e. The Morgan fingerprint density at radius 3 is 2.44 bits per heavy atom. The van der Waals surface area contributed by atoms with Crippen molar-refractivity contribution in [2.45, 2.75) is 20.4 Å². The molecule has 25 heavy (non-hydrogen) atoms. The van der Waals surface area contributed by atoms with Gasteiger partial charge in [0.2, 0.25) is 0 Å². The van der Waals surface area contributed by atoms with Crippen molar-refractivity contribution in [3.63, 3.8) is 0 Å². The van der Waals surface area contributed by atoms with E-state index in [1.807, 2.05) is 28.8 Å². The summed E-state index contributed by atoms with van der Waals surface area (Å²) >= 11 is 0. The second-order valence-electron chi connectivity index (χ2n) is 6.26. The number of benzene rings is 2. The molecule has 0 fully saturated rings. The van der Waals surface area contributed by atoms with Crippen LogP contribution < -0.4 is 5.32 Å². The highest BCUT2D eigenvalue weighted by atomic mass is 16.4. The number of hydrogen-bond donors (Lipinski definition) is 2. The summed E-state index contributed by atoms with van der Waals surface area (Å²) < 4.78 is 2.03. The first-order valence-electron chi connectivity index (χ1n) is 8.09. The molecule has 3 rings (SSSR count). The normalized spacial score (nSPS) is 10.8. The second kappa shape index (κ2) is 6.81. The molecule has 128 valence electrons. The number of rotatable bonds is 5. The zero-order chi connectivity index (χ0) is 18.0. The molecule has 5 heteroatoms. The van der Waals surface area contributed by atoms with Gasteiger partial charge in [-0.1, -0.05) is 47.5 Å². The highest BCUT2D eigenvalue weighted by molar-refractivity contribution is 6.07. The summed E-state index contributed by atoms with van der Waals surface area (Å²) in [4.78, 5) is 23.0. The third-order valence-electron chi connectivity index (χ3n) is 4.07. The van der Waals surface area contributed by atoms with Gasteiger partial charge in [0, 0.05) is 23.6 Å². The molecule has 0 aliphatic heterocycles. The molecule has 1 heterocycles. The van der Waals surface area contributed by atoms with Gasteiger partial charge in [-0.15, -0.1) is 0 Å². The second-order valence-corrected chi connectivity index (χ2v) is 6.26. The number of amides is 1. The fraction of sp³-hybridized carbons (Fsp3) is 0.200. The Morgan fingerprint density at radius 1 is 1.08 bits per heavy atom. The zero-order valence-corrected chi connectivity index (χ0v) is 14.2. The summed E-state index contributed by atoms with van der Waals surface area (Å²) in [7, 11) is 0. The van der Waals surface area contributed by atoms with E-state index in [1.165, 1.54) is 11.1 Å². The van der Waals surface area contributed by atoms with Crippen LogP contribution in [0.25, 0.3) is 10.9 Å². The van der Waals surface area contributed by atoms with Gasteiger partial charge in [0.15, 0.2) is 0 Å². The quantitative estimate of drug-likeness (QED) is 0.752. The van der Waals surface area contributed by atoms with E-state index in [-0.39, 0.29) is 5.91 Å². The average molecular weight is 336 g/mol. The third kappa shape index (κ3) is 3.71. The number of carbonyl (C=O) groups is 2. The van der Waals surface area contributed by atoms with Crippen molar-refractivity contribution in [2.24, 2.45) is 0 Å². The number of aryl methyl sites for hydroxylation is 2. The molecular weight excluding hydrogens is 316 g/mol. The summed E-state index contributed by atoms with van der Waals surface area (Å²) in [5, 5.41) is 12.0. The maximum atomic E-state index is 12.3. The number of fused-ring (bicyclic) bond motifs is 1. The van der Waals surface area contributed by atoms with E-state index in [0.29, 0.717) is 12.1 Å². The monoisotopic (exact) mass is 336 g/mol. The van der Waals surface area contributed by atoms with Gasteiger partial charge >= 0.3 is 5.97 Å². The van der Waals surface area contributed by atoms with Crippen LogP contribution in [0, 0.1) is 13.8 Å². The number of aromatic nitrogens is 1.